The van der Waals surface area contributed by atoms with Crippen molar-refractivity contribution in [3.8, 4) is 5.75 Å². The molecule has 0 saturated heterocycles. The fraction of sp³-hybridized carbons (Fsp3) is 0.571. The minimum Gasteiger partial charge on any atom is -0.496 e. The number of hydrogen-bond acceptors (Lipinski definition) is 3. The molecule has 0 aliphatic rings. The number of hydrogen-bond donors (Lipinski definition) is 1. The van der Waals surface area contributed by atoms with Gasteiger partial charge in [-0.3, -0.25) is 0 Å². The maximum Gasteiger partial charge on any atom is 0.123 e. The first-order valence-electron chi connectivity index (χ1n) is 6.02. The summed E-state index contributed by atoms with van der Waals surface area (Å²) in [4.78, 5) is 2.21. The van der Waals surface area contributed by atoms with Crippen LogP contribution in [-0.2, 0) is 0 Å². The van der Waals surface area contributed by atoms with Crippen LogP contribution in [0.15, 0.2) is 22.7 Å². The molecule has 4 heteroatoms. The summed E-state index contributed by atoms with van der Waals surface area (Å²) in [6.45, 7) is 4.38. The molecule has 1 unspecified atom stereocenters. The van der Waals surface area contributed by atoms with Gasteiger partial charge in [0.15, 0.2) is 0 Å². The first-order valence-corrected chi connectivity index (χ1v) is 6.81. The van der Waals surface area contributed by atoms with E-state index in [1.807, 2.05) is 19.2 Å². The van der Waals surface area contributed by atoms with Gasteiger partial charge in [-0.15, -0.1) is 0 Å². The van der Waals surface area contributed by atoms with Crippen molar-refractivity contribution in [2.45, 2.75) is 25.4 Å². The predicted molar refractivity (Wildman–Crippen MR) is 80.3 cm³/mol. The Morgan fingerprint density at radius 1 is 1.33 bits per heavy atom. The second kappa shape index (κ2) is 6.04. The zero-order valence-corrected chi connectivity index (χ0v) is 13.6. The van der Waals surface area contributed by atoms with E-state index in [0.717, 1.165) is 10.2 Å². The lowest BCUT2D eigenvalue weighted by molar-refractivity contribution is 0.173. The quantitative estimate of drug-likeness (QED) is 0.904. The van der Waals surface area contributed by atoms with Gasteiger partial charge in [0.25, 0.3) is 0 Å². The highest BCUT2D eigenvalue weighted by Crippen LogP contribution is 2.37. The molecule has 0 spiro atoms. The largest absolute Gasteiger partial charge is 0.496 e. The summed E-state index contributed by atoms with van der Waals surface area (Å²) >= 11 is 3.54. The monoisotopic (exact) mass is 314 g/mol. The number of nitrogens with one attached hydrogen (secondary N) is 1. The Balaban J connectivity index is 3.34. The van der Waals surface area contributed by atoms with E-state index >= 15 is 0 Å². The molecule has 1 rings (SSSR count). The normalized spacial score (nSPS) is 13.8. The lowest BCUT2D eigenvalue weighted by atomic mass is 9.87. The van der Waals surface area contributed by atoms with Gasteiger partial charge < -0.3 is 15.0 Å². The molecule has 0 amide bonds. The first-order chi connectivity index (χ1) is 8.33. The van der Waals surface area contributed by atoms with E-state index in [2.05, 4.69) is 60.2 Å². The fourth-order valence-corrected chi connectivity index (χ4v) is 2.75. The lowest BCUT2D eigenvalue weighted by Crippen LogP contribution is -2.48. The van der Waals surface area contributed by atoms with Crippen molar-refractivity contribution in [1.29, 1.82) is 0 Å². The fourth-order valence-electron chi connectivity index (χ4n) is 2.37. The summed E-state index contributed by atoms with van der Waals surface area (Å²) in [6.07, 6.45) is 0. The minimum absolute atomic E-state index is 0.0580. The Hall–Kier alpha value is -0.580. The minimum atomic E-state index is -0.0580. The van der Waals surface area contributed by atoms with Crippen LogP contribution < -0.4 is 10.1 Å². The SMILES string of the molecule is CNC(C)(C)C(c1cc(Br)ccc1OC)N(C)C. The molecule has 0 fully saturated rings. The van der Waals surface area contributed by atoms with Crippen LogP contribution in [0.4, 0.5) is 0 Å². The maximum atomic E-state index is 5.50. The van der Waals surface area contributed by atoms with Crippen LogP contribution in [0.2, 0.25) is 0 Å². The van der Waals surface area contributed by atoms with Crippen LogP contribution in [0, 0.1) is 0 Å². The van der Waals surface area contributed by atoms with Crippen molar-refractivity contribution in [3.05, 3.63) is 28.2 Å². The number of benzene rings is 1. The maximum absolute atomic E-state index is 5.50. The highest BCUT2D eigenvalue weighted by Gasteiger charge is 2.33. The molecule has 1 atom stereocenters. The van der Waals surface area contributed by atoms with Crippen molar-refractivity contribution < 1.29 is 4.74 Å². The molecule has 1 N–H and O–H groups in total. The molecule has 1 aromatic carbocycles. The van der Waals surface area contributed by atoms with Crippen molar-refractivity contribution >= 4 is 15.9 Å². The molecule has 0 heterocycles. The Morgan fingerprint density at radius 3 is 2.39 bits per heavy atom. The van der Waals surface area contributed by atoms with Crippen molar-refractivity contribution in [3.63, 3.8) is 0 Å². The number of nitrogens with zero attached hydrogens (tertiary/aromatic N) is 1. The van der Waals surface area contributed by atoms with Crippen molar-refractivity contribution in [1.82, 2.24) is 10.2 Å². The molecule has 0 saturated carbocycles. The lowest BCUT2D eigenvalue weighted by Gasteiger charge is -2.39. The smallest absolute Gasteiger partial charge is 0.123 e. The van der Waals surface area contributed by atoms with E-state index in [0.29, 0.717) is 0 Å². The summed E-state index contributed by atoms with van der Waals surface area (Å²) in [5.74, 6) is 0.917. The van der Waals surface area contributed by atoms with Gasteiger partial charge in [0.2, 0.25) is 0 Å². The van der Waals surface area contributed by atoms with Crippen LogP contribution in [0.5, 0.6) is 5.75 Å². The van der Waals surface area contributed by atoms with E-state index in [1.165, 1.54) is 5.56 Å². The highest BCUT2D eigenvalue weighted by molar-refractivity contribution is 9.10. The van der Waals surface area contributed by atoms with E-state index in [4.69, 9.17) is 4.74 Å². The average molecular weight is 315 g/mol. The molecular formula is C14H23BrN2O. The molecule has 0 radical (unpaired) electrons. The van der Waals surface area contributed by atoms with Crippen molar-refractivity contribution in [2.24, 2.45) is 0 Å². The van der Waals surface area contributed by atoms with Gasteiger partial charge in [0.05, 0.1) is 13.2 Å². The second-order valence-electron chi connectivity index (χ2n) is 5.22. The summed E-state index contributed by atoms with van der Waals surface area (Å²) in [5.41, 5.74) is 1.12. The summed E-state index contributed by atoms with van der Waals surface area (Å²) < 4.78 is 6.56. The number of rotatable bonds is 5. The molecule has 102 valence electrons. The van der Waals surface area contributed by atoms with E-state index in [1.54, 1.807) is 7.11 Å². The molecule has 18 heavy (non-hydrogen) atoms. The molecule has 0 aromatic heterocycles. The van der Waals surface area contributed by atoms with E-state index in [9.17, 15) is 0 Å². The van der Waals surface area contributed by atoms with Crippen LogP contribution in [0.1, 0.15) is 25.5 Å². The Bertz CT molecular complexity index is 405. The van der Waals surface area contributed by atoms with E-state index < -0.39 is 0 Å². The first kappa shape index (κ1) is 15.5. The van der Waals surface area contributed by atoms with Gasteiger partial charge in [-0.25, -0.2) is 0 Å². The Kier molecular flexibility index (Phi) is 5.20. The second-order valence-corrected chi connectivity index (χ2v) is 6.14. The standard InChI is InChI=1S/C14H23BrN2O/c1-14(2,16-3)13(17(4)5)11-9-10(15)7-8-12(11)18-6/h7-9,13,16H,1-6H3. The Morgan fingerprint density at radius 2 is 1.94 bits per heavy atom. The van der Waals surface area contributed by atoms with Crippen LogP contribution in [-0.4, -0.2) is 38.7 Å². The van der Waals surface area contributed by atoms with Gasteiger partial charge in [0.1, 0.15) is 5.75 Å². The number of methoxy groups -OCH3 is 1. The molecule has 1 aromatic rings. The van der Waals surface area contributed by atoms with Gasteiger partial charge in [-0.1, -0.05) is 15.9 Å². The highest BCUT2D eigenvalue weighted by atomic mass is 79.9. The van der Waals surface area contributed by atoms with Crippen LogP contribution in [0.3, 0.4) is 0 Å². The summed E-state index contributed by atoms with van der Waals surface area (Å²) in [6, 6.07) is 6.35. The van der Waals surface area contributed by atoms with Gasteiger partial charge in [0, 0.05) is 15.6 Å². The van der Waals surface area contributed by atoms with Crippen LogP contribution >= 0.6 is 15.9 Å². The molecule has 0 aliphatic carbocycles. The topological polar surface area (TPSA) is 24.5 Å². The molecule has 3 nitrogen and oxygen atoms in total. The van der Waals surface area contributed by atoms with Gasteiger partial charge in [-0.05, 0) is 53.2 Å². The average Bonchev–Trinajstić information content (AvgIpc) is 2.28. The van der Waals surface area contributed by atoms with E-state index in [-0.39, 0.29) is 11.6 Å². The molecule has 0 aliphatic heterocycles. The Labute approximate surface area is 119 Å². The number of likely N-dealkylation sites (N-methyl/N-ethyl adjacent to an activating group) is 2. The third-order valence-corrected chi connectivity index (χ3v) is 3.82. The van der Waals surface area contributed by atoms with Gasteiger partial charge in [-0.2, -0.15) is 0 Å². The zero-order valence-electron chi connectivity index (χ0n) is 12.0. The molecular weight excluding hydrogens is 292 g/mol. The summed E-state index contributed by atoms with van der Waals surface area (Å²) in [7, 11) is 7.88. The third kappa shape index (κ3) is 3.25. The number of ether oxygens (including phenoxy) is 1. The van der Waals surface area contributed by atoms with Crippen LogP contribution in [0.25, 0.3) is 0 Å². The third-order valence-electron chi connectivity index (χ3n) is 3.33. The zero-order chi connectivity index (χ0) is 13.9. The predicted octanol–water partition coefficient (Wildman–Crippen LogP) is 3.06. The number of halogens is 1. The molecule has 0 bridgehead atoms. The van der Waals surface area contributed by atoms with Gasteiger partial charge >= 0.3 is 0 Å². The van der Waals surface area contributed by atoms with Crippen molar-refractivity contribution in [2.75, 3.05) is 28.3 Å². The summed E-state index contributed by atoms with van der Waals surface area (Å²) in [5, 5.41) is 3.38.